The normalized spacial score (nSPS) is 12.2. The average molecular weight is 347 g/mol. The predicted molar refractivity (Wildman–Crippen MR) is 97.1 cm³/mol. The number of fused-ring (bicyclic) bond motifs is 1. The van der Waals surface area contributed by atoms with Crippen LogP contribution in [0.15, 0.2) is 77.7 Å². The van der Waals surface area contributed by atoms with Gasteiger partial charge in [0.1, 0.15) is 18.1 Å². The molecule has 0 aliphatic rings. The number of nitrogens with one attached hydrogen (secondary N) is 1. The molecule has 0 spiro atoms. The molecule has 2 aromatic heterocycles. The lowest BCUT2D eigenvalue weighted by Gasteiger charge is -2.14. The van der Waals surface area contributed by atoms with E-state index in [0.717, 1.165) is 16.7 Å². The van der Waals surface area contributed by atoms with Gasteiger partial charge in [-0.25, -0.2) is 4.98 Å². The Hall–Kier alpha value is -3.38. The molecule has 4 aromatic rings. The van der Waals surface area contributed by atoms with E-state index in [4.69, 9.17) is 4.42 Å². The Morgan fingerprint density at radius 2 is 1.92 bits per heavy atom. The van der Waals surface area contributed by atoms with Crippen molar-refractivity contribution in [3.05, 3.63) is 84.6 Å². The first-order valence-corrected chi connectivity index (χ1v) is 8.24. The van der Waals surface area contributed by atoms with Gasteiger partial charge < -0.3 is 14.8 Å². The van der Waals surface area contributed by atoms with Gasteiger partial charge in [0.2, 0.25) is 0 Å². The molecule has 0 radical (unpaired) electrons. The second-order valence-corrected chi connectivity index (χ2v) is 5.87. The molecule has 0 fully saturated rings. The SMILES string of the molecule is O=C(NC(CO)c1ccco1)c1ccc(-n2cnc3ccccc32)cc1. The molecule has 6 nitrogen and oxygen atoms in total. The van der Waals surface area contributed by atoms with Gasteiger partial charge in [-0.15, -0.1) is 0 Å². The maximum Gasteiger partial charge on any atom is 0.251 e. The molecule has 0 aliphatic carbocycles. The third kappa shape index (κ3) is 2.98. The van der Waals surface area contributed by atoms with Crippen LogP contribution in [0.4, 0.5) is 0 Å². The van der Waals surface area contributed by atoms with Gasteiger partial charge in [0.05, 0.1) is 23.9 Å². The van der Waals surface area contributed by atoms with Crippen LogP contribution in [0.25, 0.3) is 16.7 Å². The number of aliphatic hydroxyl groups is 1. The first-order chi connectivity index (χ1) is 12.8. The lowest BCUT2D eigenvalue weighted by Crippen LogP contribution is -2.30. The Kier molecular flexibility index (Phi) is 4.25. The number of carbonyl (C=O) groups excluding carboxylic acids is 1. The van der Waals surface area contributed by atoms with Crippen molar-refractivity contribution >= 4 is 16.9 Å². The zero-order valence-electron chi connectivity index (χ0n) is 13.9. The second kappa shape index (κ2) is 6.85. The number of amides is 1. The molecule has 6 heteroatoms. The van der Waals surface area contributed by atoms with Crippen molar-refractivity contribution in [2.24, 2.45) is 0 Å². The van der Waals surface area contributed by atoms with Crippen molar-refractivity contribution < 1.29 is 14.3 Å². The minimum Gasteiger partial charge on any atom is -0.467 e. The molecule has 0 saturated heterocycles. The third-order valence-corrected chi connectivity index (χ3v) is 4.24. The molecule has 2 heterocycles. The Morgan fingerprint density at radius 3 is 2.65 bits per heavy atom. The molecule has 2 N–H and O–H groups in total. The van der Waals surface area contributed by atoms with Gasteiger partial charge in [-0.1, -0.05) is 12.1 Å². The number of furan rings is 1. The molecule has 0 aliphatic heterocycles. The highest BCUT2D eigenvalue weighted by molar-refractivity contribution is 5.94. The van der Waals surface area contributed by atoms with Gasteiger partial charge in [0, 0.05) is 11.3 Å². The van der Waals surface area contributed by atoms with E-state index >= 15 is 0 Å². The zero-order valence-corrected chi connectivity index (χ0v) is 13.9. The molecular weight excluding hydrogens is 330 g/mol. The Morgan fingerprint density at radius 1 is 1.12 bits per heavy atom. The summed E-state index contributed by atoms with van der Waals surface area (Å²) >= 11 is 0. The summed E-state index contributed by atoms with van der Waals surface area (Å²) in [7, 11) is 0. The van der Waals surface area contributed by atoms with Gasteiger partial charge in [-0.3, -0.25) is 9.36 Å². The predicted octanol–water partition coefficient (Wildman–Crippen LogP) is 3.08. The van der Waals surface area contributed by atoms with Crippen LogP contribution in [-0.4, -0.2) is 27.2 Å². The number of nitrogens with zero attached hydrogens (tertiary/aromatic N) is 2. The van der Waals surface area contributed by atoms with E-state index in [1.807, 2.05) is 41.0 Å². The van der Waals surface area contributed by atoms with Crippen LogP contribution in [0.2, 0.25) is 0 Å². The van der Waals surface area contributed by atoms with Crippen LogP contribution in [0.1, 0.15) is 22.2 Å². The number of hydrogen-bond acceptors (Lipinski definition) is 4. The Balaban J connectivity index is 1.55. The van der Waals surface area contributed by atoms with Gasteiger partial charge in [0.15, 0.2) is 0 Å². The summed E-state index contributed by atoms with van der Waals surface area (Å²) in [5, 5.41) is 12.2. The van der Waals surface area contributed by atoms with Gasteiger partial charge in [-0.2, -0.15) is 0 Å². The lowest BCUT2D eigenvalue weighted by atomic mass is 10.1. The van der Waals surface area contributed by atoms with Crippen molar-refractivity contribution in [2.75, 3.05) is 6.61 Å². The highest BCUT2D eigenvalue weighted by Crippen LogP contribution is 2.19. The number of imidazole rings is 1. The van der Waals surface area contributed by atoms with E-state index in [9.17, 15) is 9.90 Å². The molecule has 0 bridgehead atoms. The van der Waals surface area contributed by atoms with Crippen molar-refractivity contribution in [1.29, 1.82) is 0 Å². The van der Waals surface area contributed by atoms with Crippen LogP contribution >= 0.6 is 0 Å². The van der Waals surface area contributed by atoms with Crippen molar-refractivity contribution in [3.63, 3.8) is 0 Å². The average Bonchev–Trinajstić information content (AvgIpc) is 3.36. The summed E-state index contributed by atoms with van der Waals surface area (Å²) in [6, 6.07) is 17.9. The van der Waals surface area contributed by atoms with E-state index in [-0.39, 0.29) is 12.5 Å². The zero-order chi connectivity index (χ0) is 17.9. The Bertz CT molecular complexity index is 1020. The van der Waals surface area contributed by atoms with Crippen LogP contribution < -0.4 is 5.32 Å². The van der Waals surface area contributed by atoms with Crippen LogP contribution in [0.3, 0.4) is 0 Å². The molecule has 1 amide bonds. The molecule has 1 atom stereocenters. The maximum atomic E-state index is 12.4. The number of rotatable bonds is 5. The first-order valence-electron chi connectivity index (χ1n) is 8.24. The van der Waals surface area contributed by atoms with E-state index < -0.39 is 6.04 Å². The minimum absolute atomic E-state index is 0.238. The number of aliphatic hydroxyl groups excluding tert-OH is 1. The summed E-state index contributed by atoms with van der Waals surface area (Å²) in [6.07, 6.45) is 3.27. The van der Waals surface area contributed by atoms with Gasteiger partial charge in [0.25, 0.3) is 5.91 Å². The summed E-state index contributed by atoms with van der Waals surface area (Å²) in [6.45, 7) is -0.238. The second-order valence-electron chi connectivity index (χ2n) is 5.87. The van der Waals surface area contributed by atoms with E-state index in [2.05, 4.69) is 10.3 Å². The minimum atomic E-state index is -0.574. The van der Waals surface area contributed by atoms with Gasteiger partial charge >= 0.3 is 0 Å². The number of benzene rings is 2. The smallest absolute Gasteiger partial charge is 0.251 e. The molecule has 130 valence electrons. The number of hydrogen-bond donors (Lipinski definition) is 2. The van der Waals surface area contributed by atoms with Crippen LogP contribution in [0, 0.1) is 0 Å². The highest BCUT2D eigenvalue weighted by atomic mass is 16.3. The third-order valence-electron chi connectivity index (χ3n) is 4.24. The summed E-state index contributed by atoms with van der Waals surface area (Å²) in [5.74, 6) is 0.241. The maximum absolute atomic E-state index is 12.4. The molecule has 0 saturated carbocycles. The largest absolute Gasteiger partial charge is 0.467 e. The number of aromatic nitrogens is 2. The molecule has 2 aromatic carbocycles. The number of para-hydroxylation sites is 2. The standard InChI is InChI=1S/C20H17N3O3/c24-12-17(19-6-3-11-26-19)22-20(25)14-7-9-15(10-8-14)23-13-21-16-4-1-2-5-18(16)23/h1-11,13,17,24H,12H2,(H,22,25). The summed E-state index contributed by atoms with van der Waals surface area (Å²) in [5.41, 5.74) is 3.34. The Labute approximate surface area is 149 Å². The lowest BCUT2D eigenvalue weighted by molar-refractivity contribution is 0.0907. The van der Waals surface area contributed by atoms with Crippen LogP contribution in [-0.2, 0) is 0 Å². The quantitative estimate of drug-likeness (QED) is 0.581. The van der Waals surface area contributed by atoms with Gasteiger partial charge in [-0.05, 0) is 48.5 Å². The van der Waals surface area contributed by atoms with E-state index in [1.165, 1.54) is 6.26 Å². The fraction of sp³-hybridized carbons (Fsp3) is 0.100. The topological polar surface area (TPSA) is 80.3 Å². The first kappa shape index (κ1) is 16.1. The van der Waals surface area contributed by atoms with Crippen molar-refractivity contribution in [3.8, 4) is 5.69 Å². The fourth-order valence-electron chi connectivity index (χ4n) is 2.88. The van der Waals surface area contributed by atoms with E-state index in [0.29, 0.717) is 11.3 Å². The van der Waals surface area contributed by atoms with Crippen LogP contribution in [0.5, 0.6) is 0 Å². The molecule has 4 rings (SSSR count). The number of carbonyl (C=O) groups is 1. The monoisotopic (exact) mass is 347 g/mol. The molecule has 1 unspecified atom stereocenters. The van der Waals surface area contributed by atoms with Crippen molar-refractivity contribution in [1.82, 2.24) is 14.9 Å². The molecular formula is C20H17N3O3. The fourth-order valence-corrected chi connectivity index (χ4v) is 2.88. The molecule has 26 heavy (non-hydrogen) atoms. The summed E-state index contributed by atoms with van der Waals surface area (Å²) < 4.78 is 7.22. The summed E-state index contributed by atoms with van der Waals surface area (Å²) in [4.78, 5) is 16.8. The van der Waals surface area contributed by atoms with E-state index in [1.54, 1.807) is 30.6 Å². The van der Waals surface area contributed by atoms with Crippen molar-refractivity contribution in [2.45, 2.75) is 6.04 Å². The highest BCUT2D eigenvalue weighted by Gasteiger charge is 2.17.